The maximum Gasteiger partial charge on any atom is 0.471 e. The number of aliphatic carboxylic acids is 1. The van der Waals surface area contributed by atoms with Gasteiger partial charge in [-0.1, -0.05) is 23.2 Å². The summed E-state index contributed by atoms with van der Waals surface area (Å²) in [5, 5.41) is 10.9. The van der Waals surface area contributed by atoms with Crippen molar-refractivity contribution in [3.8, 4) is 0 Å². The predicted molar refractivity (Wildman–Crippen MR) is 71.1 cm³/mol. The lowest BCUT2D eigenvalue weighted by molar-refractivity contribution is -0.173. The number of halogens is 5. The molecule has 0 unspecified atom stereocenters. The Bertz CT molecular complexity index is 580. The van der Waals surface area contributed by atoms with E-state index in [9.17, 15) is 22.8 Å². The molecule has 0 saturated heterocycles. The highest BCUT2D eigenvalue weighted by Gasteiger charge is 2.38. The maximum atomic E-state index is 12.0. The number of carboxylic acids is 1. The minimum Gasteiger partial charge on any atom is -0.478 e. The Kier molecular flexibility index (Phi) is 5.62. The van der Waals surface area contributed by atoms with Gasteiger partial charge in [-0.15, -0.1) is 0 Å². The highest BCUT2D eigenvalue weighted by molar-refractivity contribution is 6.34. The van der Waals surface area contributed by atoms with Crippen LogP contribution < -0.4 is 5.32 Å². The Hall–Kier alpha value is -1.73. The highest BCUT2D eigenvalue weighted by atomic mass is 35.5. The highest BCUT2D eigenvalue weighted by Crippen LogP contribution is 2.21. The minimum absolute atomic E-state index is 0.234. The number of carbonyl (C=O) groups excluding carboxylic acids is 1. The number of hydrogen-bond donors (Lipinski definition) is 2. The van der Waals surface area contributed by atoms with Gasteiger partial charge in [-0.25, -0.2) is 4.79 Å². The van der Waals surface area contributed by atoms with Crippen molar-refractivity contribution in [3.05, 3.63) is 39.4 Å². The number of carboxylic acid groups (broad SMARTS) is 1. The van der Waals surface area contributed by atoms with Crippen LogP contribution >= 0.6 is 23.2 Å². The lowest BCUT2D eigenvalue weighted by atomic mass is 10.1. The van der Waals surface area contributed by atoms with Crippen LogP contribution in [0.5, 0.6) is 0 Å². The molecule has 0 aliphatic carbocycles. The quantitative estimate of drug-likeness (QED) is 0.827. The molecule has 0 spiro atoms. The number of nitrogens with one attached hydrogen (secondary N) is 1. The molecule has 1 aromatic rings. The number of amides is 1. The van der Waals surface area contributed by atoms with Gasteiger partial charge in [0, 0.05) is 10.0 Å². The summed E-state index contributed by atoms with van der Waals surface area (Å²) in [6, 6.07) is 4.16. The Morgan fingerprint density at radius 3 is 2.14 bits per heavy atom. The largest absolute Gasteiger partial charge is 0.478 e. The van der Waals surface area contributed by atoms with Gasteiger partial charge in [0.25, 0.3) is 0 Å². The second kappa shape index (κ2) is 6.82. The summed E-state index contributed by atoms with van der Waals surface area (Å²) in [6.07, 6.45) is -4.01. The summed E-state index contributed by atoms with van der Waals surface area (Å²) in [7, 11) is 0. The number of rotatable bonds is 4. The first-order chi connectivity index (χ1) is 9.59. The third kappa shape index (κ3) is 5.65. The van der Waals surface area contributed by atoms with Crippen molar-refractivity contribution in [3.63, 3.8) is 0 Å². The minimum atomic E-state index is -5.08. The molecule has 0 bridgehead atoms. The predicted octanol–water partition coefficient (Wildman–Crippen LogP) is 3.14. The normalized spacial score (nSPS) is 12.1. The zero-order chi connectivity index (χ0) is 16.2. The number of carbonyl (C=O) groups is 2. The van der Waals surface area contributed by atoms with E-state index >= 15 is 0 Å². The van der Waals surface area contributed by atoms with Gasteiger partial charge in [0.2, 0.25) is 0 Å². The van der Waals surface area contributed by atoms with Gasteiger partial charge in [0.05, 0.1) is 12.1 Å². The summed E-state index contributed by atoms with van der Waals surface area (Å²) in [6.45, 7) is -0.794. The standard InChI is InChI=1S/C12H8Cl2F3NO3/c13-8-2-6(3-9(14)4-8)1-7(10(19)20)5-18-11(21)12(15,16)17/h1-4H,5H2,(H,18,21)(H,19,20). The van der Waals surface area contributed by atoms with E-state index in [0.29, 0.717) is 0 Å². The van der Waals surface area contributed by atoms with Gasteiger partial charge in [-0.3, -0.25) is 4.79 Å². The average molecular weight is 342 g/mol. The Morgan fingerprint density at radius 2 is 1.71 bits per heavy atom. The molecule has 0 heterocycles. The molecule has 0 aliphatic heterocycles. The monoisotopic (exact) mass is 341 g/mol. The molecule has 0 radical (unpaired) electrons. The lowest BCUT2D eigenvalue weighted by Gasteiger charge is -2.08. The van der Waals surface area contributed by atoms with Crippen LogP contribution in [0.25, 0.3) is 6.08 Å². The number of hydrogen-bond acceptors (Lipinski definition) is 2. The topological polar surface area (TPSA) is 66.4 Å². The third-order valence-corrected chi connectivity index (χ3v) is 2.63. The van der Waals surface area contributed by atoms with Crippen LogP contribution in [0.2, 0.25) is 10.0 Å². The second-order valence-corrected chi connectivity index (χ2v) is 4.73. The van der Waals surface area contributed by atoms with Crippen molar-refractivity contribution >= 4 is 41.2 Å². The van der Waals surface area contributed by atoms with Crippen LogP contribution in [0.15, 0.2) is 23.8 Å². The SMILES string of the molecule is O=C(O)C(=Cc1cc(Cl)cc(Cl)c1)CNC(=O)C(F)(F)F. The van der Waals surface area contributed by atoms with Crippen molar-refractivity contribution in [1.82, 2.24) is 5.32 Å². The first-order valence-electron chi connectivity index (χ1n) is 5.34. The number of alkyl halides is 3. The summed E-state index contributed by atoms with van der Waals surface area (Å²) >= 11 is 11.4. The molecular weight excluding hydrogens is 334 g/mol. The molecule has 1 rings (SSSR count). The molecule has 0 saturated carbocycles. The molecule has 1 amide bonds. The van der Waals surface area contributed by atoms with E-state index in [0.717, 1.165) is 6.08 Å². The second-order valence-electron chi connectivity index (χ2n) is 3.86. The fraction of sp³-hybridized carbons (Fsp3) is 0.167. The fourth-order valence-electron chi connectivity index (χ4n) is 1.32. The molecule has 0 aromatic heterocycles. The van der Waals surface area contributed by atoms with Crippen molar-refractivity contribution < 1.29 is 27.9 Å². The molecular formula is C12H8Cl2F3NO3. The molecule has 0 fully saturated rings. The van der Waals surface area contributed by atoms with Crippen LogP contribution in [0, 0.1) is 0 Å². The summed E-state index contributed by atoms with van der Waals surface area (Å²) in [4.78, 5) is 21.6. The zero-order valence-corrected chi connectivity index (χ0v) is 11.7. The summed E-state index contributed by atoms with van der Waals surface area (Å²) in [5.74, 6) is -3.70. The maximum absolute atomic E-state index is 12.0. The van der Waals surface area contributed by atoms with E-state index < -0.39 is 30.2 Å². The van der Waals surface area contributed by atoms with Crippen molar-refractivity contribution in [2.45, 2.75) is 6.18 Å². The smallest absolute Gasteiger partial charge is 0.471 e. The van der Waals surface area contributed by atoms with Gasteiger partial charge in [0.15, 0.2) is 0 Å². The van der Waals surface area contributed by atoms with Gasteiger partial charge in [-0.2, -0.15) is 13.2 Å². The Labute approximate surface area is 127 Å². The van der Waals surface area contributed by atoms with E-state index in [2.05, 4.69) is 0 Å². The molecule has 1 aromatic carbocycles. The van der Waals surface area contributed by atoms with E-state index in [1.165, 1.54) is 23.5 Å². The zero-order valence-electron chi connectivity index (χ0n) is 10.2. The van der Waals surface area contributed by atoms with Crippen LogP contribution in [-0.2, 0) is 9.59 Å². The van der Waals surface area contributed by atoms with E-state index in [-0.39, 0.29) is 15.6 Å². The molecule has 2 N–H and O–H groups in total. The molecule has 0 atom stereocenters. The van der Waals surface area contributed by atoms with Crippen LogP contribution in [0.1, 0.15) is 5.56 Å². The van der Waals surface area contributed by atoms with E-state index in [1.54, 1.807) is 0 Å². The molecule has 4 nitrogen and oxygen atoms in total. The van der Waals surface area contributed by atoms with Gasteiger partial charge in [0.1, 0.15) is 0 Å². The van der Waals surface area contributed by atoms with Gasteiger partial charge >= 0.3 is 18.1 Å². The first-order valence-corrected chi connectivity index (χ1v) is 6.10. The van der Waals surface area contributed by atoms with E-state index in [1.807, 2.05) is 0 Å². The van der Waals surface area contributed by atoms with Crippen molar-refractivity contribution in [2.75, 3.05) is 6.54 Å². The van der Waals surface area contributed by atoms with E-state index in [4.69, 9.17) is 28.3 Å². The third-order valence-electron chi connectivity index (χ3n) is 2.20. The van der Waals surface area contributed by atoms with Gasteiger partial charge in [-0.05, 0) is 29.8 Å². The van der Waals surface area contributed by atoms with Crippen LogP contribution in [0.3, 0.4) is 0 Å². The average Bonchev–Trinajstić information content (AvgIpc) is 2.31. The van der Waals surface area contributed by atoms with Crippen LogP contribution in [-0.4, -0.2) is 29.7 Å². The summed E-state index contributed by atoms with van der Waals surface area (Å²) in [5.41, 5.74) is -0.169. The Balaban J connectivity index is 2.94. The fourth-order valence-corrected chi connectivity index (χ4v) is 1.87. The number of benzene rings is 1. The molecule has 114 valence electrons. The van der Waals surface area contributed by atoms with Crippen molar-refractivity contribution in [1.29, 1.82) is 0 Å². The summed E-state index contributed by atoms with van der Waals surface area (Å²) < 4.78 is 36.1. The first kappa shape index (κ1) is 17.3. The molecule has 0 aliphatic rings. The molecule has 9 heteroatoms. The van der Waals surface area contributed by atoms with Crippen molar-refractivity contribution in [2.24, 2.45) is 0 Å². The molecule has 21 heavy (non-hydrogen) atoms. The van der Waals surface area contributed by atoms with Gasteiger partial charge < -0.3 is 10.4 Å². The Morgan fingerprint density at radius 1 is 1.19 bits per heavy atom. The lowest BCUT2D eigenvalue weighted by Crippen LogP contribution is -2.38. The van der Waals surface area contributed by atoms with Crippen LogP contribution in [0.4, 0.5) is 13.2 Å².